The van der Waals surface area contributed by atoms with Gasteiger partial charge in [0.25, 0.3) is 6.29 Å². The molecule has 0 saturated heterocycles. The lowest BCUT2D eigenvalue weighted by Gasteiger charge is -2.26. The number of fused-ring (bicyclic) bond motifs is 1. The van der Waals surface area contributed by atoms with Crippen LogP contribution < -0.4 is 9.47 Å². The third kappa shape index (κ3) is 2.74. The van der Waals surface area contributed by atoms with E-state index in [0.29, 0.717) is 22.7 Å². The molecule has 1 aliphatic heterocycles. The lowest BCUT2D eigenvalue weighted by molar-refractivity contribution is -0.524. The van der Waals surface area contributed by atoms with Crippen LogP contribution in [0.15, 0.2) is 53.5 Å². The maximum atomic E-state index is 11.4. The van der Waals surface area contributed by atoms with E-state index in [2.05, 4.69) is 4.99 Å². The number of nitrogens with zero attached hydrogens (tertiary/aromatic N) is 2. The SMILES string of the molecule is COc1ccccc1N=C1c2ccccc2O[C@@H](O)[C@@H]1[N+](=O)[O-]. The lowest BCUT2D eigenvalue weighted by atomic mass is 9.99. The summed E-state index contributed by atoms with van der Waals surface area (Å²) >= 11 is 0. The van der Waals surface area contributed by atoms with Gasteiger partial charge in [-0.15, -0.1) is 0 Å². The average Bonchev–Trinajstić information content (AvgIpc) is 2.54. The molecule has 0 saturated carbocycles. The number of para-hydroxylation sites is 3. The summed E-state index contributed by atoms with van der Waals surface area (Å²) in [6.45, 7) is 0. The Morgan fingerprint density at radius 3 is 2.65 bits per heavy atom. The van der Waals surface area contributed by atoms with Gasteiger partial charge in [-0.25, -0.2) is 4.99 Å². The van der Waals surface area contributed by atoms with Gasteiger partial charge in [-0.05, 0) is 24.3 Å². The lowest BCUT2D eigenvalue weighted by Crippen LogP contribution is -2.47. The molecule has 0 spiro atoms. The average molecular weight is 314 g/mol. The minimum atomic E-state index is -1.60. The molecule has 0 aliphatic carbocycles. The molecule has 0 bridgehead atoms. The highest BCUT2D eigenvalue weighted by atomic mass is 16.7. The fourth-order valence-electron chi connectivity index (χ4n) is 2.45. The molecular weight excluding hydrogens is 300 g/mol. The summed E-state index contributed by atoms with van der Waals surface area (Å²) in [6, 6.07) is 12.2. The van der Waals surface area contributed by atoms with E-state index in [9.17, 15) is 15.2 Å². The zero-order chi connectivity index (χ0) is 16.4. The number of hydrogen-bond acceptors (Lipinski definition) is 6. The molecule has 2 aromatic rings. The van der Waals surface area contributed by atoms with Gasteiger partial charge in [-0.1, -0.05) is 24.3 Å². The van der Waals surface area contributed by atoms with Crippen molar-refractivity contribution in [3.63, 3.8) is 0 Å². The summed E-state index contributed by atoms with van der Waals surface area (Å²) in [5.74, 6) is 0.840. The van der Waals surface area contributed by atoms with Crippen molar-refractivity contribution in [3.8, 4) is 11.5 Å². The molecule has 0 radical (unpaired) electrons. The van der Waals surface area contributed by atoms with E-state index in [4.69, 9.17) is 9.47 Å². The third-order valence-electron chi connectivity index (χ3n) is 3.51. The highest BCUT2D eigenvalue weighted by Gasteiger charge is 2.43. The second-order valence-electron chi connectivity index (χ2n) is 4.90. The molecule has 1 N–H and O–H groups in total. The number of hydrogen-bond donors (Lipinski definition) is 1. The number of aliphatic hydroxyl groups is 1. The topological polar surface area (TPSA) is 94.2 Å². The van der Waals surface area contributed by atoms with Gasteiger partial charge in [-0.2, -0.15) is 0 Å². The summed E-state index contributed by atoms with van der Waals surface area (Å²) in [6.07, 6.45) is -1.60. The Hall–Kier alpha value is -2.93. The van der Waals surface area contributed by atoms with Crippen LogP contribution >= 0.6 is 0 Å². The number of aliphatic imine (C=N–C) groups is 1. The smallest absolute Gasteiger partial charge is 0.316 e. The van der Waals surface area contributed by atoms with E-state index >= 15 is 0 Å². The van der Waals surface area contributed by atoms with Crippen molar-refractivity contribution < 1.29 is 19.5 Å². The second kappa shape index (κ2) is 6.05. The molecule has 23 heavy (non-hydrogen) atoms. The zero-order valence-corrected chi connectivity index (χ0v) is 12.2. The van der Waals surface area contributed by atoms with Crippen LogP contribution in [0.2, 0.25) is 0 Å². The molecule has 1 aliphatic rings. The van der Waals surface area contributed by atoms with Crippen LogP contribution in [-0.4, -0.2) is 35.2 Å². The predicted molar refractivity (Wildman–Crippen MR) is 83.1 cm³/mol. The standard InChI is InChI=1S/C16H14N2O5/c1-22-13-9-5-3-7-11(13)17-14-10-6-2-4-8-12(10)23-16(19)15(14)18(20)21/h2-9,15-16,19H,1H3/t15-,16-/m1/s1. The summed E-state index contributed by atoms with van der Waals surface area (Å²) in [7, 11) is 1.50. The molecule has 0 fully saturated rings. The largest absolute Gasteiger partial charge is 0.494 e. The first-order valence-corrected chi connectivity index (χ1v) is 6.91. The van der Waals surface area contributed by atoms with Gasteiger partial charge < -0.3 is 14.6 Å². The molecule has 0 aromatic heterocycles. The van der Waals surface area contributed by atoms with Crippen LogP contribution in [0.3, 0.4) is 0 Å². The van der Waals surface area contributed by atoms with Gasteiger partial charge in [0.15, 0.2) is 0 Å². The van der Waals surface area contributed by atoms with Crippen LogP contribution in [0.1, 0.15) is 5.56 Å². The zero-order valence-electron chi connectivity index (χ0n) is 12.2. The normalized spacial score (nSPS) is 21.4. The van der Waals surface area contributed by atoms with Crippen molar-refractivity contribution in [1.82, 2.24) is 0 Å². The first kappa shape index (κ1) is 15.0. The Labute approximate surface area is 132 Å². The van der Waals surface area contributed by atoms with Gasteiger partial charge in [-0.3, -0.25) is 10.1 Å². The van der Waals surface area contributed by atoms with Crippen molar-refractivity contribution >= 4 is 11.4 Å². The molecule has 2 aromatic carbocycles. The third-order valence-corrected chi connectivity index (χ3v) is 3.51. The quantitative estimate of drug-likeness (QED) is 0.692. The monoisotopic (exact) mass is 314 g/mol. The molecule has 0 unspecified atom stereocenters. The Kier molecular flexibility index (Phi) is 3.94. The van der Waals surface area contributed by atoms with E-state index in [1.165, 1.54) is 7.11 Å². The molecule has 2 atom stereocenters. The Morgan fingerprint density at radius 2 is 1.91 bits per heavy atom. The Bertz CT molecular complexity index is 775. The summed E-state index contributed by atoms with van der Waals surface area (Å²) in [5.41, 5.74) is 1.06. The second-order valence-corrected chi connectivity index (χ2v) is 4.90. The molecular formula is C16H14N2O5. The predicted octanol–water partition coefficient (Wildman–Crippen LogP) is 2.17. The molecule has 118 valence electrons. The number of ether oxygens (including phenoxy) is 2. The van der Waals surface area contributed by atoms with Crippen LogP contribution in [-0.2, 0) is 0 Å². The van der Waals surface area contributed by atoms with Crippen LogP contribution in [0.25, 0.3) is 0 Å². The van der Waals surface area contributed by atoms with Crippen LogP contribution in [0.5, 0.6) is 11.5 Å². The van der Waals surface area contributed by atoms with Gasteiger partial charge >= 0.3 is 6.04 Å². The Morgan fingerprint density at radius 1 is 1.22 bits per heavy atom. The fraction of sp³-hybridized carbons (Fsp3) is 0.188. The minimum absolute atomic E-state index is 0.133. The number of nitro groups is 1. The molecule has 3 rings (SSSR count). The fourth-order valence-corrected chi connectivity index (χ4v) is 2.45. The van der Waals surface area contributed by atoms with Crippen LogP contribution in [0, 0.1) is 10.1 Å². The van der Waals surface area contributed by atoms with Gasteiger partial charge in [0, 0.05) is 10.5 Å². The maximum absolute atomic E-state index is 11.4. The van der Waals surface area contributed by atoms with E-state index in [1.807, 2.05) is 0 Å². The molecule has 1 heterocycles. The van der Waals surface area contributed by atoms with Gasteiger partial charge in [0.05, 0.1) is 7.11 Å². The summed E-state index contributed by atoms with van der Waals surface area (Å²) in [5, 5.41) is 21.4. The number of methoxy groups -OCH3 is 1. The first-order valence-electron chi connectivity index (χ1n) is 6.91. The highest BCUT2D eigenvalue weighted by Crippen LogP contribution is 2.33. The van der Waals surface area contributed by atoms with E-state index in [0.717, 1.165) is 0 Å². The Balaban J connectivity index is 2.20. The number of aliphatic hydroxyl groups excluding tert-OH is 1. The number of benzene rings is 2. The molecule has 7 nitrogen and oxygen atoms in total. The number of rotatable bonds is 3. The molecule has 7 heteroatoms. The minimum Gasteiger partial charge on any atom is -0.494 e. The van der Waals surface area contributed by atoms with Crippen molar-refractivity contribution in [1.29, 1.82) is 0 Å². The molecule has 0 amide bonds. The van der Waals surface area contributed by atoms with E-state index in [-0.39, 0.29) is 5.71 Å². The maximum Gasteiger partial charge on any atom is 0.316 e. The van der Waals surface area contributed by atoms with Crippen LogP contribution in [0.4, 0.5) is 5.69 Å². The van der Waals surface area contributed by atoms with Gasteiger partial charge in [0.1, 0.15) is 22.9 Å². The van der Waals surface area contributed by atoms with Crippen molar-refractivity contribution in [2.75, 3.05) is 7.11 Å². The van der Waals surface area contributed by atoms with Crippen molar-refractivity contribution in [2.45, 2.75) is 12.3 Å². The summed E-state index contributed by atoms with van der Waals surface area (Å²) in [4.78, 5) is 15.2. The highest BCUT2D eigenvalue weighted by molar-refractivity contribution is 6.08. The van der Waals surface area contributed by atoms with Crippen molar-refractivity contribution in [2.24, 2.45) is 4.99 Å². The van der Waals surface area contributed by atoms with E-state index in [1.54, 1.807) is 48.5 Å². The van der Waals surface area contributed by atoms with Gasteiger partial charge in [0.2, 0.25) is 0 Å². The van der Waals surface area contributed by atoms with E-state index < -0.39 is 17.3 Å². The first-order chi connectivity index (χ1) is 11.1. The summed E-state index contributed by atoms with van der Waals surface area (Å²) < 4.78 is 10.5. The van der Waals surface area contributed by atoms with Crippen molar-refractivity contribution in [3.05, 3.63) is 64.2 Å².